The summed E-state index contributed by atoms with van der Waals surface area (Å²) < 4.78 is 15.9. The number of nitrogens with zero attached hydrogens (tertiary/aromatic N) is 1. The van der Waals surface area contributed by atoms with Crippen molar-refractivity contribution in [1.29, 1.82) is 0 Å². The third kappa shape index (κ3) is 2.93. The highest BCUT2D eigenvalue weighted by Crippen LogP contribution is 2.31. The molecule has 1 heterocycles. The van der Waals surface area contributed by atoms with Crippen molar-refractivity contribution in [2.75, 3.05) is 0 Å². The Kier molecular flexibility index (Phi) is 3.74. The van der Waals surface area contributed by atoms with Crippen molar-refractivity contribution in [2.45, 2.75) is 0 Å². The second-order valence-corrected chi connectivity index (χ2v) is 5.46. The highest BCUT2D eigenvalue weighted by molar-refractivity contribution is 6.05. The first-order valence-corrected chi connectivity index (χ1v) is 7.65. The zero-order valence-corrected chi connectivity index (χ0v) is 13.2. The molecule has 0 aliphatic carbocycles. The summed E-state index contributed by atoms with van der Waals surface area (Å²) in [6, 6.07) is 17.8. The number of non-ortho nitro benzene ring substituents is 1. The largest absolute Gasteiger partial charge is 0.519 e. The minimum atomic E-state index is -0.950. The summed E-state index contributed by atoms with van der Waals surface area (Å²) in [5.41, 5.74) is 1.24. The summed E-state index contributed by atoms with van der Waals surface area (Å²) in [7, 11) is 0. The summed E-state index contributed by atoms with van der Waals surface area (Å²) in [5.74, 6) is 0.411. The second kappa shape index (κ2) is 6.21. The molecule has 7 nitrogen and oxygen atoms in total. The van der Waals surface area contributed by atoms with E-state index in [0.717, 1.165) is 16.4 Å². The summed E-state index contributed by atoms with van der Waals surface area (Å²) in [6.07, 6.45) is -0.950. The highest BCUT2D eigenvalue weighted by atomic mass is 16.7. The maximum Gasteiger partial charge on any atom is 0.519 e. The molecule has 0 aliphatic heterocycles. The number of carbonyl (C=O) groups is 1. The van der Waals surface area contributed by atoms with Gasteiger partial charge in [0.2, 0.25) is 0 Å². The lowest BCUT2D eigenvalue weighted by Gasteiger charge is -2.05. The fourth-order valence-corrected chi connectivity index (χ4v) is 2.62. The van der Waals surface area contributed by atoms with Crippen LogP contribution in [-0.2, 0) is 0 Å². The number of hydrogen-bond acceptors (Lipinski definition) is 6. The molecule has 0 aliphatic rings. The van der Waals surface area contributed by atoms with Crippen LogP contribution in [0.15, 0.2) is 71.1 Å². The normalized spacial score (nSPS) is 10.8. The highest BCUT2D eigenvalue weighted by Gasteiger charge is 2.12. The van der Waals surface area contributed by atoms with E-state index >= 15 is 0 Å². The first kappa shape index (κ1) is 15.6. The van der Waals surface area contributed by atoms with Crippen molar-refractivity contribution in [3.05, 3.63) is 76.8 Å². The summed E-state index contributed by atoms with van der Waals surface area (Å²) in [6.45, 7) is 0. The number of para-hydroxylation sites is 1. The van der Waals surface area contributed by atoms with E-state index in [4.69, 9.17) is 13.9 Å². The molecule has 4 aromatic rings. The lowest BCUT2D eigenvalue weighted by atomic mass is 10.1. The molecule has 4 rings (SSSR count). The summed E-state index contributed by atoms with van der Waals surface area (Å²) >= 11 is 0. The topological polar surface area (TPSA) is 91.8 Å². The Morgan fingerprint density at radius 1 is 0.846 bits per heavy atom. The average molecular weight is 349 g/mol. The molecule has 128 valence electrons. The average Bonchev–Trinajstić information content (AvgIpc) is 2.99. The van der Waals surface area contributed by atoms with Crippen LogP contribution in [0, 0.1) is 10.1 Å². The van der Waals surface area contributed by atoms with Crippen molar-refractivity contribution in [3.63, 3.8) is 0 Å². The summed E-state index contributed by atoms with van der Waals surface area (Å²) in [4.78, 5) is 22.0. The van der Waals surface area contributed by atoms with Crippen LogP contribution in [0.5, 0.6) is 11.5 Å². The molecular weight excluding hydrogens is 338 g/mol. The molecule has 0 saturated carbocycles. The van der Waals surface area contributed by atoms with Gasteiger partial charge in [-0.2, -0.15) is 0 Å². The predicted molar refractivity (Wildman–Crippen MR) is 93.5 cm³/mol. The molecule has 26 heavy (non-hydrogen) atoms. The van der Waals surface area contributed by atoms with E-state index in [-0.39, 0.29) is 17.2 Å². The van der Waals surface area contributed by atoms with Crippen LogP contribution in [0.1, 0.15) is 0 Å². The molecule has 0 saturated heterocycles. The van der Waals surface area contributed by atoms with Crippen LogP contribution in [0.25, 0.3) is 21.9 Å². The van der Waals surface area contributed by atoms with Gasteiger partial charge in [0, 0.05) is 29.0 Å². The third-order valence-corrected chi connectivity index (χ3v) is 3.80. The van der Waals surface area contributed by atoms with Crippen molar-refractivity contribution >= 4 is 33.8 Å². The first-order chi connectivity index (χ1) is 12.6. The Bertz CT molecular complexity index is 1130. The van der Waals surface area contributed by atoms with E-state index < -0.39 is 11.1 Å². The number of carbonyl (C=O) groups excluding carboxylic acids is 1. The zero-order valence-electron chi connectivity index (χ0n) is 13.2. The molecule has 0 fully saturated rings. The predicted octanol–water partition coefficient (Wildman–Crippen LogP) is 5.07. The van der Waals surface area contributed by atoms with E-state index in [2.05, 4.69) is 0 Å². The molecular formula is C19H11NO6. The molecule has 0 amide bonds. The molecule has 0 atom stereocenters. The quantitative estimate of drug-likeness (QED) is 0.222. The lowest BCUT2D eigenvalue weighted by molar-refractivity contribution is -0.384. The minimum Gasteiger partial charge on any atom is -0.456 e. The van der Waals surface area contributed by atoms with Crippen molar-refractivity contribution < 1.29 is 23.6 Å². The van der Waals surface area contributed by atoms with E-state index in [1.165, 1.54) is 24.3 Å². The van der Waals surface area contributed by atoms with E-state index in [1.54, 1.807) is 18.2 Å². The molecule has 1 aromatic heterocycles. The number of hydrogen-bond donors (Lipinski definition) is 0. The van der Waals surface area contributed by atoms with Crippen LogP contribution in [0.2, 0.25) is 0 Å². The van der Waals surface area contributed by atoms with Gasteiger partial charge in [0.25, 0.3) is 5.69 Å². The molecule has 0 spiro atoms. The standard InChI is InChI=1S/C19H11NO6/c21-19(24-13-7-5-12(6-8-13)20(22)23)25-14-9-10-16-15-3-1-2-4-17(15)26-18(16)11-14/h1-11H. The number of nitro groups is 1. The van der Waals surface area contributed by atoms with Gasteiger partial charge >= 0.3 is 6.16 Å². The van der Waals surface area contributed by atoms with Gasteiger partial charge in [-0.25, -0.2) is 4.79 Å². The first-order valence-electron chi connectivity index (χ1n) is 7.65. The number of fused-ring (bicyclic) bond motifs is 3. The van der Waals surface area contributed by atoms with Crippen molar-refractivity contribution in [3.8, 4) is 11.5 Å². The van der Waals surface area contributed by atoms with Gasteiger partial charge in [0.05, 0.1) is 4.92 Å². The smallest absolute Gasteiger partial charge is 0.456 e. The molecule has 3 aromatic carbocycles. The third-order valence-electron chi connectivity index (χ3n) is 3.80. The van der Waals surface area contributed by atoms with Gasteiger partial charge in [-0.3, -0.25) is 10.1 Å². The SMILES string of the molecule is O=C(Oc1ccc([N+](=O)[O-])cc1)Oc1ccc2c(c1)oc1ccccc12. The van der Waals surface area contributed by atoms with Crippen LogP contribution in [0.3, 0.4) is 0 Å². The van der Waals surface area contributed by atoms with Gasteiger partial charge in [0.15, 0.2) is 0 Å². The van der Waals surface area contributed by atoms with Crippen LogP contribution < -0.4 is 9.47 Å². The van der Waals surface area contributed by atoms with E-state index in [0.29, 0.717) is 5.58 Å². The van der Waals surface area contributed by atoms with E-state index in [9.17, 15) is 14.9 Å². The fourth-order valence-electron chi connectivity index (χ4n) is 2.62. The minimum absolute atomic E-state index is 0.0962. The zero-order chi connectivity index (χ0) is 18.1. The number of ether oxygens (including phenoxy) is 2. The lowest BCUT2D eigenvalue weighted by Crippen LogP contribution is -2.13. The number of nitro benzene ring substituents is 1. The molecule has 0 unspecified atom stereocenters. The fraction of sp³-hybridized carbons (Fsp3) is 0. The van der Waals surface area contributed by atoms with Gasteiger partial charge in [-0.15, -0.1) is 0 Å². The van der Waals surface area contributed by atoms with Crippen LogP contribution >= 0.6 is 0 Å². The van der Waals surface area contributed by atoms with Gasteiger partial charge in [0.1, 0.15) is 22.7 Å². The Hall–Kier alpha value is -3.87. The van der Waals surface area contributed by atoms with Crippen molar-refractivity contribution in [1.82, 2.24) is 0 Å². The van der Waals surface area contributed by atoms with E-state index in [1.807, 2.05) is 24.3 Å². The number of rotatable bonds is 3. The Morgan fingerprint density at radius 2 is 1.50 bits per heavy atom. The molecule has 7 heteroatoms. The number of benzene rings is 3. The second-order valence-electron chi connectivity index (χ2n) is 5.46. The van der Waals surface area contributed by atoms with Gasteiger partial charge < -0.3 is 13.9 Å². The maximum atomic E-state index is 11.9. The van der Waals surface area contributed by atoms with Gasteiger partial charge in [-0.05, 0) is 30.3 Å². The molecule has 0 N–H and O–H groups in total. The Morgan fingerprint density at radius 3 is 2.27 bits per heavy atom. The maximum absolute atomic E-state index is 11.9. The summed E-state index contributed by atoms with van der Waals surface area (Å²) in [5, 5.41) is 12.5. The van der Waals surface area contributed by atoms with Crippen LogP contribution in [-0.4, -0.2) is 11.1 Å². The monoisotopic (exact) mass is 349 g/mol. The Labute approximate surface area is 146 Å². The van der Waals surface area contributed by atoms with Gasteiger partial charge in [-0.1, -0.05) is 18.2 Å². The Balaban J connectivity index is 1.51. The molecule has 0 bridgehead atoms. The van der Waals surface area contributed by atoms with Crippen molar-refractivity contribution in [2.24, 2.45) is 0 Å². The number of furan rings is 1. The molecule has 0 radical (unpaired) electrons. The van der Waals surface area contributed by atoms with Crippen LogP contribution in [0.4, 0.5) is 10.5 Å².